The third-order valence-corrected chi connectivity index (χ3v) is 12.0. The van der Waals surface area contributed by atoms with Crippen molar-refractivity contribution in [2.45, 2.75) is 57.8 Å². The van der Waals surface area contributed by atoms with Crippen LogP contribution in [0.1, 0.15) is 63.5 Å². The summed E-state index contributed by atoms with van der Waals surface area (Å²) in [5.41, 5.74) is 13.8. The Bertz CT molecular complexity index is 2340. The van der Waals surface area contributed by atoms with Gasteiger partial charge in [0.25, 0.3) is 0 Å². The van der Waals surface area contributed by atoms with Crippen LogP contribution in [0.15, 0.2) is 152 Å². The largest absolute Gasteiger partial charge is 0.208 e. The normalized spacial score (nSPS) is 18.8. The van der Waals surface area contributed by atoms with Crippen molar-refractivity contribution in [3.8, 4) is 67.5 Å². The molecule has 7 aromatic rings. The zero-order valence-electron chi connectivity index (χ0n) is 30.7. The minimum atomic E-state index is 0.0919. The third kappa shape index (κ3) is 5.89. The van der Waals surface area contributed by atoms with Crippen LogP contribution in [-0.2, 0) is 5.41 Å². The van der Waals surface area contributed by atoms with Gasteiger partial charge in [0.15, 0.2) is 17.5 Å². The Morgan fingerprint density at radius 3 is 1.68 bits per heavy atom. The van der Waals surface area contributed by atoms with Gasteiger partial charge in [-0.3, -0.25) is 0 Å². The lowest BCUT2D eigenvalue weighted by Gasteiger charge is -2.46. The molecule has 0 N–H and O–H groups in total. The summed E-state index contributed by atoms with van der Waals surface area (Å²) in [7, 11) is 0. The molecule has 9 rings (SSSR count). The highest BCUT2D eigenvalue weighted by Gasteiger charge is 2.50. The van der Waals surface area contributed by atoms with Gasteiger partial charge in [0.05, 0.1) is 0 Å². The fourth-order valence-electron chi connectivity index (χ4n) is 9.58. The molecule has 2 aliphatic carbocycles. The minimum Gasteiger partial charge on any atom is -0.208 e. The lowest BCUT2D eigenvalue weighted by molar-refractivity contribution is 0.162. The summed E-state index contributed by atoms with van der Waals surface area (Å²) in [5.74, 6) is 3.50. The molecule has 3 heteroatoms. The Kier molecular flexibility index (Phi) is 8.79. The summed E-state index contributed by atoms with van der Waals surface area (Å²) in [6, 6.07) is 54.5. The third-order valence-electron chi connectivity index (χ3n) is 12.0. The number of hydrogen-bond donors (Lipinski definition) is 0. The number of aromatic nitrogens is 3. The summed E-state index contributed by atoms with van der Waals surface area (Å²) < 4.78 is 0. The fourth-order valence-corrected chi connectivity index (χ4v) is 9.58. The van der Waals surface area contributed by atoms with Gasteiger partial charge in [-0.05, 0) is 87.7 Å². The summed E-state index contributed by atoms with van der Waals surface area (Å²) in [6.45, 7) is 4.77. The van der Waals surface area contributed by atoms with Gasteiger partial charge in [-0.1, -0.05) is 173 Å². The first-order valence-electron chi connectivity index (χ1n) is 19.5. The van der Waals surface area contributed by atoms with Crippen LogP contribution in [0.5, 0.6) is 0 Å². The molecule has 0 aliphatic heterocycles. The molecule has 1 spiro atoms. The second kappa shape index (κ2) is 14.0. The molecule has 1 saturated carbocycles. The van der Waals surface area contributed by atoms with Crippen molar-refractivity contribution in [1.82, 2.24) is 15.0 Å². The quantitative estimate of drug-likeness (QED) is 0.160. The molecule has 3 nitrogen and oxygen atoms in total. The summed E-state index contributed by atoms with van der Waals surface area (Å²) in [6.07, 6.45) is 7.73. The molecule has 260 valence electrons. The zero-order chi connectivity index (χ0) is 35.8. The van der Waals surface area contributed by atoms with E-state index in [-0.39, 0.29) is 5.41 Å². The van der Waals surface area contributed by atoms with E-state index in [4.69, 9.17) is 15.0 Å². The van der Waals surface area contributed by atoms with Crippen LogP contribution in [-0.4, -0.2) is 15.0 Å². The van der Waals surface area contributed by atoms with Crippen molar-refractivity contribution in [3.63, 3.8) is 0 Å². The second-order valence-electron chi connectivity index (χ2n) is 15.0. The lowest BCUT2D eigenvalue weighted by atomic mass is 9.57. The van der Waals surface area contributed by atoms with Gasteiger partial charge in [0.1, 0.15) is 0 Å². The number of rotatable bonds is 8. The van der Waals surface area contributed by atoms with Crippen LogP contribution in [0.3, 0.4) is 0 Å². The molecule has 0 radical (unpaired) electrons. The van der Waals surface area contributed by atoms with E-state index in [1.807, 2.05) is 36.4 Å². The van der Waals surface area contributed by atoms with Gasteiger partial charge >= 0.3 is 0 Å². The van der Waals surface area contributed by atoms with Gasteiger partial charge in [-0.2, -0.15) is 0 Å². The van der Waals surface area contributed by atoms with Crippen molar-refractivity contribution < 1.29 is 0 Å². The van der Waals surface area contributed by atoms with E-state index in [2.05, 4.69) is 129 Å². The highest BCUT2D eigenvalue weighted by molar-refractivity contribution is 5.93. The van der Waals surface area contributed by atoms with E-state index in [1.165, 1.54) is 66.3 Å². The van der Waals surface area contributed by atoms with Crippen molar-refractivity contribution in [1.29, 1.82) is 0 Å². The number of hydrogen-bond acceptors (Lipinski definition) is 3. The fraction of sp³-hybridized carbons (Fsp3) is 0.220. The smallest absolute Gasteiger partial charge is 0.164 e. The zero-order valence-corrected chi connectivity index (χ0v) is 30.7. The van der Waals surface area contributed by atoms with Crippen LogP contribution < -0.4 is 0 Å². The molecule has 1 heterocycles. The van der Waals surface area contributed by atoms with Crippen LogP contribution in [0, 0.1) is 11.8 Å². The Morgan fingerprint density at radius 2 is 1.02 bits per heavy atom. The molecule has 0 amide bonds. The van der Waals surface area contributed by atoms with E-state index in [1.54, 1.807) is 11.1 Å². The monoisotopic (exact) mass is 687 g/mol. The van der Waals surface area contributed by atoms with Gasteiger partial charge in [-0.15, -0.1) is 0 Å². The van der Waals surface area contributed by atoms with Gasteiger partial charge in [-0.25, -0.2) is 15.0 Å². The standard InChI is InChI=1S/C50H45N3/c1-3-16-34-29-30-50(41(4-2)31-34)44-27-12-11-25-43(44)46-42(26-15-28-45(46)50)39-23-13-21-37(32-39)38-22-14-24-40(33-38)49-52-47(35-17-7-5-8-18-35)51-48(53-49)36-19-9-6-10-20-36/h5-15,17-28,32-34,41H,3-4,16,29-31H2,1-2H3. The van der Waals surface area contributed by atoms with Gasteiger partial charge in [0.2, 0.25) is 0 Å². The number of nitrogens with zero attached hydrogens (tertiary/aromatic N) is 3. The molecule has 1 fully saturated rings. The summed E-state index contributed by atoms with van der Waals surface area (Å²) >= 11 is 0. The molecule has 6 aromatic carbocycles. The Balaban J connectivity index is 1.12. The molecule has 3 atom stereocenters. The Labute approximate surface area is 313 Å². The van der Waals surface area contributed by atoms with Crippen LogP contribution in [0.4, 0.5) is 0 Å². The summed E-state index contributed by atoms with van der Waals surface area (Å²) in [5, 5.41) is 0. The number of benzene rings is 6. The number of fused-ring (bicyclic) bond motifs is 5. The molecular weight excluding hydrogens is 643 g/mol. The molecular formula is C50H45N3. The summed E-state index contributed by atoms with van der Waals surface area (Å²) in [4.78, 5) is 14.9. The second-order valence-corrected chi connectivity index (χ2v) is 15.0. The average molecular weight is 688 g/mol. The van der Waals surface area contributed by atoms with E-state index >= 15 is 0 Å². The predicted molar refractivity (Wildman–Crippen MR) is 219 cm³/mol. The average Bonchev–Trinajstić information content (AvgIpc) is 3.52. The van der Waals surface area contributed by atoms with Crippen molar-refractivity contribution in [2.75, 3.05) is 0 Å². The highest BCUT2D eigenvalue weighted by Crippen LogP contribution is 2.61. The van der Waals surface area contributed by atoms with Crippen LogP contribution in [0.2, 0.25) is 0 Å². The minimum absolute atomic E-state index is 0.0919. The maximum absolute atomic E-state index is 5.01. The van der Waals surface area contributed by atoms with Crippen molar-refractivity contribution in [3.05, 3.63) is 163 Å². The maximum atomic E-state index is 5.01. The van der Waals surface area contributed by atoms with Crippen molar-refractivity contribution in [2.24, 2.45) is 11.8 Å². The first-order valence-corrected chi connectivity index (χ1v) is 19.5. The van der Waals surface area contributed by atoms with Crippen LogP contribution >= 0.6 is 0 Å². The SMILES string of the molecule is CCCC1CCC2(c3ccccc3-c3c(-c4cccc(-c5cccc(-c6nc(-c7ccccc7)nc(-c7ccccc7)n6)c5)c4)cccc32)C(CC)C1. The van der Waals surface area contributed by atoms with E-state index in [9.17, 15) is 0 Å². The molecule has 1 aromatic heterocycles. The first-order chi connectivity index (χ1) is 26.2. The molecule has 3 unspecified atom stereocenters. The van der Waals surface area contributed by atoms with E-state index in [0.717, 1.165) is 28.2 Å². The lowest BCUT2D eigenvalue weighted by Crippen LogP contribution is -2.40. The Morgan fingerprint density at radius 1 is 0.509 bits per heavy atom. The van der Waals surface area contributed by atoms with E-state index in [0.29, 0.717) is 23.4 Å². The van der Waals surface area contributed by atoms with E-state index < -0.39 is 0 Å². The molecule has 2 aliphatic rings. The molecule has 0 bridgehead atoms. The molecule has 53 heavy (non-hydrogen) atoms. The first kappa shape index (κ1) is 33.2. The topological polar surface area (TPSA) is 38.7 Å². The maximum Gasteiger partial charge on any atom is 0.164 e. The van der Waals surface area contributed by atoms with Crippen molar-refractivity contribution >= 4 is 0 Å². The van der Waals surface area contributed by atoms with Gasteiger partial charge < -0.3 is 0 Å². The predicted octanol–water partition coefficient (Wildman–Crippen LogP) is 13.1. The highest BCUT2D eigenvalue weighted by atomic mass is 15.0. The van der Waals surface area contributed by atoms with Crippen LogP contribution in [0.25, 0.3) is 67.5 Å². The van der Waals surface area contributed by atoms with Gasteiger partial charge in [0, 0.05) is 22.1 Å². The Hall–Kier alpha value is -5.67. The molecule has 0 saturated heterocycles.